The number of fused-ring (bicyclic) bond motifs is 2. The first-order chi connectivity index (χ1) is 8.81. The van der Waals surface area contributed by atoms with E-state index in [0.717, 1.165) is 17.9 Å². The molecule has 0 saturated carbocycles. The van der Waals surface area contributed by atoms with Gasteiger partial charge in [0.2, 0.25) is 0 Å². The summed E-state index contributed by atoms with van der Waals surface area (Å²) in [6.45, 7) is 11.6. The summed E-state index contributed by atoms with van der Waals surface area (Å²) in [4.78, 5) is 5.28. The SMILES string of the molecule is CC1CCN(CCNC2CCN3CCC2C3)CC1. The lowest BCUT2D eigenvalue weighted by Crippen LogP contribution is -2.46. The topological polar surface area (TPSA) is 18.5 Å². The predicted molar refractivity (Wildman–Crippen MR) is 75.8 cm³/mol. The van der Waals surface area contributed by atoms with Crippen molar-refractivity contribution < 1.29 is 0 Å². The smallest absolute Gasteiger partial charge is 0.0121 e. The van der Waals surface area contributed by atoms with E-state index in [9.17, 15) is 0 Å². The van der Waals surface area contributed by atoms with Gasteiger partial charge in [0.1, 0.15) is 0 Å². The molecule has 0 aromatic heterocycles. The van der Waals surface area contributed by atoms with E-state index in [4.69, 9.17) is 0 Å². The molecule has 3 atom stereocenters. The van der Waals surface area contributed by atoms with Crippen molar-refractivity contribution in [1.29, 1.82) is 0 Å². The molecule has 3 saturated heterocycles. The van der Waals surface area contributed by atoms with Crippen LogP contribution in [0.2, 0.25) is 0 Å². The summed E-state index contributed by atoms with van der Waals surface area (Å²) in [5.74, 6) is 1.90. The summed E-state index contributed by atoms with van der Waals surface area (Å²) in [6, 6.07) is 0.812. The molecule has 3 nitrogen and oxygen atoms in total. The van der Waals surface area contributed by atoms with Gasteiger partial charge in [-0.3, -0.25) is 0 Å². The minimum Gasteiger partial charge on any atom is -0.312 e. The van der Waals surface area contributed by atoms with E-state index in [1.54, 1.807) is 0 Å². The van der Waals surface area contributed by atoms with Crippen LogP contribution < -0.4 is 5.32 Å². The summed E-state index contributed by atoms with van der Waals surface area (Å²) < 4.78 is 0. The van der Waals surface area contributed by atoms with Gasteiger partial charge in [-0.25, -0.2) is 0 Å². The van der Waals surface area contributed by atoms with Crippen molar-refractivity contribution in [2.45, 2.75) is 38.6 Å². The van der Waals surface area contributed by atoms with E-state index in [-0.39, 0.29) is 0 Å². The Bertz CT molecular complexity index is 260. The Morgan fingerprint density at radius 3 is 2.61 bits per heavy atom. The first-order valence-electron chi connectivity index (χ1n) is 7.99. The molecule has 3 aliphatic heterocycles. The Labute approximate surface area is 112 Å². The monoisotopic (exact) mass is 251 g/mol. The second kappa shape index (κ2) is 5.89. The molecule has 3 rings (SSSR count). The average Bonchev–Trinajstić information content (AvgIpc) is 2.77. The third kappa shape index (κ3) is 3.06. The van der Waals surface area contributed by atoms with Crippen molar-refractivity contribution in [3.8, 4) is 0 Å². The zero-order valence-corrected chi connectivity index (χ0v) is 11.9. The Hall–Kier alpha value is -0.120. The average molecular weight is 251 g/mol. The van der Waals surface area contributed by atoms with Crippen LogP contribution >= 0.6 is 0 Å². The Morgan fingerprint density at radius 2 is 1.78 bits per heavy atom. The third-order valence-corrected chi connectivity index (χ3v) is 5.35. The third-order valence-electron chi connectivity index (χ3n) is 5.35. The molecule has 0 radical (unpaired) electrons. The molecule has 3 heteroatoms. The van der Waals surface area contributed by atoms with E-state index >= 15 is 0 Å². The van der Waals surface area contributed by atoms with Gasteiger partial charge in [-0.15, -0.1) is 0 Å². The van der Waals surface area contributed by atoms with Gasteiger partial charge < -0.3 is 15.1 Å². The lowest BCUT2D eigenvalue weighted by molar-refractivity contribution is 0.179. The van der Waals surface area contributed by atoms with Crippen molar-refractivity contribution in [3.63, 3.8) is 0 Å². The number of likely N-dealkylation sites (tertiary alicyclic amines) is 1. The first kappa shape index (κ1) is 12.9. The number of nitrogens with one attached hydrogen (secondary N) is 1. The Morgan fingerprint density at radius 1 is 1.00 bits per heavy atom. The molecule has 0 aromatic rings. The van der Waals surface area contributed by atoms with Crippen LogP contribution in [0.25, 0.3) is 0 Å². The Balaban J connectivity index is 1.34. The second-order valence-corrected chi connectivity index (χ2v) is 6.72. The normalized spacial score (nSPS) is 38.2. The fourth-order valence-corrected chi connectivity index (χ4v) is 3.91. The molecule has 1 N–H and O–H groups in total. The summed E-state index contributed by atoms with van der Waals surface area (Å²) in [7, 11) is 0. The van der Waals surface area contributed by atoms with Crippen LogP contribution in [0, 0.1) is 11.8 Å². The van der Waals surface area contributed by atoms with Crippen LogP contribution in [0.3, 0.4) is 0 Å². The van der Waals surface area contributed by atoms with Crippen LogP contribution in [-0.2, 0) is 0 Å². The van der Waals surface area contributed by atoms with Gasteiger partial charge in [-0.05, 0) is 63.7 Å². The molecule has 104 valence electrons. The largest absolute Gasteiger partial charge is 0.312 e. The molecule has 0 amide bonds. The van der Waals surface area contributed by atoms with E-state index < -0.39 is 0 Å². The number of hydrogen-bond donors (Lipinski definition) is 1. The Kier molecular flexibility index (Phi) is 4.22. The van der Waals surface area contributed by atoms with Crippen LogP contribution in [-0.4, -0.2) is 61.7 Å². The molecule has 2 bridgehead atoms. The van der Waals surface area contributed by atoms with E-state index in [0.29, 0.717) is 0 Å². The highest BCUT2D eigenvalue weighted by atomic mass is 15.2. The van der Waals surface area contributed by atoms with Gasteiger partial charge in [0.05, 0.1) is 0 Å². The zero-order valence-electron chi connectivity index (χ0n) is 11.9. The van der Waals surface area contributed by atoms with Crippen molar-refractivity contribution in [1.82, 2.24) is 15.1 Å². The maximum atomic E-state index is 3.84. The van der Waals surface area contributed by atoms with Crippen LogP contribution in [0.1, 0.15) is 32.6 Å². The second-order valence-electron chi connectivity index (χ2n) is 6.72. The maximum absolute atomic E-state index is 3.84. The highest BCUT2D eigenvalue weighted by Gasteiger charge is 2.33. The van der Waals surface area contributed by atoms with Crippen molar-refractivity contribution >= 4 is 0 Å². The van der Waals surface area contributed by atoms with Crippen LogP contribution in [0.15, 0.2) is 0 Å². The lowest BCUT2D eigenvalue weighted by Gasteiger charge is -2.33. The molecule has 18 heavy (non-hydrogen) atoms. The lowest BCUT2D eigenvalue weighted by atomic mass is 9.94. The fourth-order valence-electron chi connectivity index (χ4n) is 3.91. The number of rotatable bonds is 4. The van der Waals surface area contributed by atoms with Gasteiger partial charge in [0.15, 0.2) is 0 Å². The van der Waals surface area contributed by atoms with Crippen LogP contribution in [0.4, 0.5) is 0 Å². The van der Waals surface area contributed by atoms with Crippen molar-refractivity contribution in [3.05, 3.63) is 0 Å². The fraction of sp³-hybridized carbons (Fsp3) is 1.00. The quantitative estimate of drug-likeness (QED) is 0.815. The molecular formula is C15H29N3. The molecular weight excluding hydrogens is 222 g/mol. The number of hydrogen-bond acceptors (Lipinski definition) is 3. The number of nitrogens with zero attached hydrogens (tertiary/aromatic N) is 2. The molecule has 0 spiro atoms. The van der Waals surface area contributed by atoms with E-state index in [1.807, 2.05) is 0 Å². The molecule has 3 unspecified atom stereocenters. The van der Waals surface area contributed by atoms with Crippen molar-refractivity contribution in [2.24, 2.45) is 11.8 Å². The van der Waals surface area contributed by atoms with Gasteiger partial charge in [0.25, 0.3) is 0 Å². The summed E-state index contributed by atoms with van der Waals surface area (Å²) >= 11 is 0. The van der Waals surface area contributed by atoms with E-state index in [1.165, 1.54) is 71.5 Å². The molecule has 0 aromatic carbocycles. The molecule has 3 aliphatic rings. The van der Waals surface area contributed by atoms with Gasteiger partial charge in [-0.2, -0.15) is 0 Å². The van der Waals surface area contributed by atoms with Crippen LogP contribution in [0.5, 0.6) is 0 Å². The molecule has 0 aliphatic carbocycles. The van der Waals surface area contributed by atoms with E-state index in [2.05, 4.69) is 22.0 Å². The standard InChI is InChI=1S/C15H29N3/c1-13-2-7-17(8-3-13)11-6-16-15-5-10-18-9-4-14(15)12-18/h13-16H,2-12H2,1H3. The summed E-state index contributed by atoms with van der Waals surface area (Å²) in [5, 5.41) is 3.84. The zero-order chi connectivity index (χ0) is 12.4. The molecule has 3 heterocycles. The minimum atomic E-state index is 0.812. The highest BCUT2D eigenvalue weighted by molar-refractivity contribution is 4.90. The maximum Gasteiger partial charge on any atom is 0.0121 e. The van der Waals surface area contributed by atoms with Gasteiger partial charge in [-0.1, -0.05) is 6.92 Å². The van der Waals surface area contributed by atoms with Gasteiger partial charge in [0, 0.05) is 25.7 Å². The molecule has 3 fully saturated rings. The minimum absolute atomic E-state index is 0.812. The predicted octanol–water partition coefficient (Wildman–Crippen LogP) is 1.40. The number of piperidine rings is 2. The summed E-state index contributed by atoms with van der Waals surface area (Å²) in [6.07, 6.45) is 5.61. The highest BCUT2D eigenvalue weighted by Crippen LogP contribution is 2.26. The first-order valence-corrected chi connectivity index (χ1v) is 7.99. The van der Waals surface area contributed by atoms with Crippen molar-refractivity contribution in [2.75, 3.05) is 45.8 Å². The van der Waals surface area contributed by atoms with Gasteiger partial charge >= 0.3 is 0 Å². The summed E-state index contributed by atoms with van der Waals surface area (Å²) in [5.41, 5.74) is 0.